The Hall–Kier alpha value is -1.65. The average Bonchev–Trinajstić information content (AvgIpc) is 2.77. The van der Waals surface area contributed by atoms with Crippen molar-refractivity contribution in [2.45, 2.75) is 0 Å². The lowest BCUT2D eigenvalue weighted by atomic mass is 10.1. The van der Waals surface area contributed by atoms with Gasteiger partial charge in [0, 0.05) is 23.3 Å². The number of thiazole rings is 1. The van der Waals surface area contributed by atoms with Crippen LogP contribution in [0.1, 0.15) is 0 Å². The molecule has 3 rings (SSSR count). The maximum Gasteiger partial charge on any atom is 0.180 e. The van der Waals surface area contributed by atoms with Crippen LogP contribution in [0.15, 0.2) is 36.7 Å². The molecule has 0 unspecified atom stereocenters. The average molecular weight is 262 g/mol. The predicted octanol–water partition coefficient (Wildman–Crippen LogP) is 3.59. The number of nitrogen functional groups attached to an aromatic ring is 1. The van der Waals surface area contributed by atoms with Gasteiger partial charge in [-0.25, -0.2) is 4.98 Å². The van der Waals surface area contributed by atoms with Gasteiger partial charge in [-0.05, 0) is 24.3 Å². The number of rotatable bonds is 1. The first-order valence-electron chi connectivity index (χ1n) is 5.00. The van der Waals surface area contributed by atoms with Crippen LogP contribution in [0.5, 0.6) is 0 Å². The van der Waals surface area contributed by atoms with Gasteiger partial charge in [-0.3, -0.25) is 4.98 Å². The number of benzene rings is 1. The number of halogens is 1. The molecule has 0 amide bonds. The molecule has 2 N–H and O–H groups in total. The summed E-state index contributed by atoms with van der Waals surface area (Å²) in [6, 6.07) is 7.65. The lowest BCUT2D eigenvalue weighted by molar-refractivity contribution is 1.40. The summed E-state index contributed by atoms with van der Waals surface area (Å²) in [5, 5.41) is 2.20. The SMILES string of the molecule is Nc1ncc(-c2ccc(Cl)c3cccnc23)s1. The van der Waals surface area contributed by atoms with Crippen LogP contribution in [0.4, 0.5) is 5.13 Å². The minimum Gasteiger partial charge on any atom is -0.375 e. The van der Waals surface area contributed by atoms with Crippen LogP contribution in [-0.2, 0) is 0 Å². The van der Waals surface area contributed by atoms with E-state index in [1.165, 1.54) is 11.3 Å². The highest BCUT2D eigenvalue weighted by Crippen LogP contribution is 2.34. The third-order valence-corrected chi connectivity index (χ3v) is 3.69. The van der Waals surface area contributed by atoms with E-state index >= 15 is 0 Å². The van der Waals surface area contributed by atoms with Crippen molar-refractivity contribution in [3.8, 4) is 10.4 Å². The van der Waals surface area contributed by atoms with Gasteiger partial charge < -0.3 is 5.73 Å². The lowest BCUT2D eigenvalue weighted by Gasteiger charge is -2.04. The summed E-state index contributed by atoms with van der Waals surface area (Å²) in [7, 11) is 0. The molecule has 3 nitrogen and oxygen atoms in total. The van der Waals surface area contributed by atoms with Crippen LogP contribution >= 0.6 is 22.9 Å². The van der Waals surface area contributed by atoms with Crippen molar-refractivity contribution in [2.24, 2.45) is 0 Å². The minimum atomic E-state index is 0.555. The number of nitrogens with zero attached hydrogens (tertiary/aromatic N) is 2. The number of hydrogen-bond acceptors (Lipinski definition) is 4. The van der Waals surface area contributed by atoms with Crippen LogP contribution in [0.3, 0.4) is 0 Å². The largest absolute Gasteiger partial charge is 0.375 e. The summed E-state index contributed by atoms with van der Waals surface area (Å²) >= 11 is 7.59. The molecule has 0 spiro atoms. The zero-order chi connectivity index (χ0) is 11.8. The molecule has 84 valence electrons. The molecule has 0 aliphatic heterocycles. The first-order chi connectivity index (χ1) is 8.25. The molecule has 3 aromatic rings. The van der Waals surface area contributed by atoms with Crippen LogP contribution in [-0.4, -0.2) is 9.97 Å². The number of aromatic nitrogens is 2. The molecule has 2 aromatic heterocycles. The topological polar surface area (TPSA) is 51.8 Å². The van der Waals surface area contributed by atoms with E-state index in [0.29, 0.717) is 10.2 Å². The van der Waals surface area contributed by atoms with E-state index in [1.807, 2.05) is 24.3 Å². The van der Waals surface area contributed by atoms with Gasteiger partial charge in [0.2, 0.25) is 0 Å². The highest BCUT2D eigenvalue weighted by Gasteiger charge is 2.09. The molecule has 1 aromatic carbocycles. The highest BCUT2D eigenvalue weighted by molar-refractivity contribution is 7.18. The van der Waals surface area contributed by atoms with Crippen molar-refractivity contribution in [1.82, 2.24) is 9.97 Å². The smallest absolute Gasteiger partial charge is 0.180 e. The zero-order valence-electron chi connectivity index (χ0n) is 8.72. The van der Waals surface area contributed by atoms with Gasteiger partial charge in [-0.2, -0.15) is 0 Å². The van der Waals surface area contributed by atoms with Crippen molar-refractivity contribution >= 4 is 39.0 Å². The van der Waals surface area contributed by atoms with Crippen LogP contribution in [0.25, 0.3) is 21.3 Å². The summed E-state index contributed by atoms with van der Waals surface area (Å²) in [5.41, 5.74) is 7.54. The van der Waals surface area contributed by atoms with Crippen molar-refractivity contribution in [2.75, 3.05) is 5.73 Å². The van der Waals surface area contributed by atoms with E-state index in [9.17, 15) is 0 Å². The second kappa shape index (κ2) is 3.98. The van der Waals surface area contributed by atoms with Crippen molar-refractivity contribution < 1.29 is 0 Å². The fraction of sp³-hybridized carbons (Fsp3) is 0. The Morgan fingerprint density at radius 1 is 1.18 bits per heavy atom. The molecule has 0 aliphatic carbocycles. The third kappa shape index (κ3) is 1.75. The lowest BCUT2D eigenvalue weighted by Crippen LogP contribution is -1.83. The van der Waals surface area contributed by atoms with Gasteiger partial charge in [0.25, 0.3) is 0 Å². The quantitative estimate of drug-likeness (QED) is 0.728. The van der Waals surface area contributed by atoms with Crippen LogP contribution < -0.4 is 5.73 Å². The Labute approximate surface area is 107 Å². The molecule has 5 heteroatoms. The molecule has 2 heterocycles. The zero-order valence-corrected chi connectivity index (χ0v) is 10.3. The molecule has 0 bridgehead atoms. The molecule has 0 aliphatic rings. The standard InChI is InChI=1S/C12H8ClN3S/c13-9-4-3-8(10-6-16-12(14)17-10)11-7(9)2-1-5-15-11/h1-6H,(H2,14,16). The number of hydrogen-bond donors (Lipinski definition) is 1. The first-order valence-corrected chi connectivity index (χ1v) is 6.20. The van der Waals surface area contributed by atoms with Crippen molar-refractivity contribution in [1.29, 1.82) is 0 Å². The van der Waals surface area contributed by atoms with E-state index in [4.69, 9.17) is 17.3 Å². The van der Waals surface area contributed by atoms with Gasteiger partial charge in [-0.15, -0.1) is 0 Å². The summed E-state index contributed by atoms with van der Waals surface area (Å²) < 4.78 is 0. The summed E-state index contributed by atoms with van der Waals surface area (Å²) in [4.78, 5) is 9.44. The normalized spacial score (nSPS) is 10.9. The van der Waals surface area contributed by atoms with Gasteiger partial charge in [0.05, 0.1) is 15.4 Å². The van der Waals surface area contributed by atoms with Gasteiger partial charge in [0.1, 0.15) is 0 Å². The molecular formula is C12H8ClN3S. The molecule has 0 radical (unpaired) electrons. The molecule has 0 saturated carbocycles. The van der Waals surface area contributed by atoms with E-state index in [2.05, 4.69) is 9.97 Å². The first kappa shape index (κ1) is 10.5. The molecular weight excluding hydrogens is 254 g/mol. The molecule has 0 fully saturated rings. The maximum absolute atomic E-state index is 6.14. The summed E-state index contributed by atoms with van der Waals surface area (Å²) in [6.45, 7) is 0. The van der Waals surface area contributed by atoms with Crippen LogP contribution in [0.2, 0.25) is 5.02 Å². The Morgan fingerprint density at radius 3 is 2.82 bits per heavy atom. The number of fused-ring (bicyclic) bond motifs is 1. The minimum absolute atomic E-state index is 0.555. The van der Waals surface area contributed by atoms with E-state index in [0.717, 1.165) is 21.3 Å². The molecule has 17 heavy (non-hydrogen) atoms. The number of pyridine rings is 1. The second-order valence-electron chi connectivity index (χ2n) is 3.56. The summed E-state index contributed by atoms with van der Waals surface area (Å²) in [6.07, 6.45) is 3.52. The summed E-state index contributed by atoms with van der Waals surface area (Å²) in [5.74, 6) is 0. The van der Waals surface area contributed by atoms with Crippen molar-refractivity contribution in [3.05, 3.63) is 41.7 Å². The molecule has 0 saturated heterocycles. The van der Waals surface area contributed by atoms with Gasteiger partial charge in [0.15, 0.2) is 5.13 Å². The van der Waals surface area contributed by atoms with Crippen molar-refractivity contribution in [3.63, 3.8) is 0 Å². The fourth-order valence-electron chi connectivity index (χ4n) is 1.75. The Kier molecular flexibility index (Phi) is 2.46. The molecule has 0 atom stereocenters. The number of nitrogens with two attached hydrogens (primary N) is 1. The predicted molar refractivity (Wildman–Crippen MR) is 72.3 cm³/mol. The third-order valence-electron chi connectivity index (χ3n) is 2.51. The van der Waals surface area contributed by atoms with E-state index < -0.39 is 0 Å². The Balaban J connectivity index is 2.34. The van der Waals surface area contributed by atoms with Gasteiger partial charge >= 0.3 is 0 Å². The van der Waals surface area contributed by atoms with E-state index in [1.54, 1.807) is 12.4 Å². The monoisotopic (exact) mass is 261 g/mol. The Bertz CT molecular complexity index is 693. The fourth-order valence-corrected chi connectivity index (χ4v) is 2.68. The number of anilines is 1. The van der Waals surface area contributed by atoms with E-state index in [-0.39, 0.29) is 0 Å². The Morgan fingerprint density at radius 2 is 2.06 bits per heavy atom. The highest BCUT2D eigenvalue weighted by atomic mass is 35.5. The van der Waals surface area contributed by atoms with Gasteiger partial charge in [-0.1, -0.05) is 22.9 Å². The maximum atomic E-state index is 6.14. The van der Waals surface area contributed by atoms with Crippen LogP contribution in [0, 0.1) is 0 Å². The second-order valence-corrected chi connectivity index (χ2v) is 5.03.